The van der Waals surface area contributed by atoms with E-state index in [1.54, 1.807) is 0 Å². The fourth-order valence-corrected chi connectivity index (χ4v) is 3.25. The maximum absolute atomic E-state index is 11.7. The van der Waals surface area contributed by atoms with E-state index >= 15 is 0 Å². The van der Waals surface area contributed by atoms with Crippen LogP contribution >= 0.6 is 0 Å². The number of fused-ring (bicyclic) bond motifs is 8. The van der Waals surface area contributed by atoms with Crippen molar-refractivity contribution < 1.29 is 18.7 Å². The third-order valence-electron chi connectivity index (χ3n) is 4.05. The number of carbonyl (C=O) groups excluding carboxylic acids is 1. The van der Waals surface area contributed by atoms with E-state index in [2.05, 4.69) is 13.8 Å². The highest BCUT2D eigenvalue weighted by Gasteiger charge is 2.43. The van der Waals surface area contributed by atoms with Gasteiger partial charge in [0.2, 0.25) is 0 Å². The number of benzene rings is 1. The van der Waals surface area contributed by atoms with Crippen LogP contribution in [0, 0.1) is 0 Å². The predicted octanol–water partition coefficient (Wildman–Crippen LogP) is 3.47. The number of cyclic esters (lactones) is 1. The SMILES string of the molecule is CCC1OC(CC)c2c1c1oc2c2c1COC2=O. The highest BCUT2D eigenvalue weighted by molar-refractivity contribution is 6.06. The highest BCUT2D eigenvalue weighted by Crippen LogP contribution is 2.53. The van der Waals surface area contributed by atoms with Crippen LogP contribution in [0.2, 0.25) is 0 Å². The first-order valence-electron chi connectivity index (χ1n) is 6.49. The van der Waals surface area contributed by atoms with E-state index in [-0.39, 0.29) is 18.2 Å². The zero-order valence-electron chi connectivity index (χ0n) is 10.4. The van der Waals surface area contributed by atoms with Crippen molar-refractivity contribution in [3.63, 3.8) is 0 Å². The molecule has 0 radical (unpaired) electrons. The summed E-state index contributed by atoms with van der Waals surface area (Å²) in [6.07, 6.45) is 1.97. The average molecular weight is 246 g/mol. The van der Waals surface area contributed by atoms with Crippen LogP contribution in [0.4, 0.5) is 0 Å². The van der Waals surface area contributed by atoms with Crippen LogP contribution in [-0.4, -0.2) is 5.97 Å². The number of furan rings is 2. The van der Waals surface area contributed by atoms with E-state index < -0.39 is 0 Å². The summed E-state index contributed by atoms with van der Waals surface area (Å²) in [6, 6.07) is 0. The average Bonchev–Trinajstić information content (AvgIpc) is 3.07. The monoisotopic (exact) mass is 246 g/mol. The van der Waals surface area contributed by atoms with Gasteiger partial charge in [0.25, 0.3) is 0 Å². The summed E-state index contributed by atoms with van der Waals surface area (Å²) in [6.45, 7) is 4.54. The number of hydrogen-bond donors (Lipinski definition) is 0. The lowest BCUT2D eigenvalue weighted by molar-refractivity contribution is 0.00716. The van der Waals surface area contributed by atoms with Gasteiger partial charge in [-0.15, -0.1) is 0 Å². The van der Waals surface area contributed by atoms with Crippen LogP contribution in [-0.2, 0) is 16.1 Å². The first-order valence-corrected chi connectivity index (χ1v) is 6.49. The Morgan fingerprint density at radius 3 is 2.44 bits per heavy atom. The molecule has 0 saturated heterocycles. The molecular weight excluding hydrogens is 232 g/mol. The summed E-state index contributed by atoms with van der Waals surface area (Å²) >= 11 is 0. The van der Waals surface area contributed by atoms with Crippen molar-refractivity contribution in [3.05, 3.63) is 22.3 Å². The molecule has 2 aromatic heterocycles. The molecule has 2 aliphatic rings. The third kappa shape index (κ3) is 0.988. The molecule has 0 fully saturated rings. The first-order chi connectivity index (χ1) is 8.76. The Bertz CT molecular complexity index is 639. The Kier molecular flexibility index (Phi) is 1.88. The second-order valence-corrected chi connectivity index (χ2v) is 4.95. The molecule has 2 atom stereocenters. The van der Waals surface area contributed by atoms with Crippen molar-refractivity contribution in [2.45, 2.75) is 45.5 Å². The van der Waals surface area contributed by atoms with Gasteiger partial charge in [-0.2, -0.15) is 0 Å². The smallest absolute Gasteiger partial charge is 0.342 e. The molecule has 4 heteroatoms. The number of ether oxygens (including phenoxy) is 2. The molecule has 0 spiro atoms. The quantitative estimate of drug-likeness (QED) is 0.761. The summed E-state index contributed by atoms with van der Waals surface area (Å²) in [7, 11) is 0. The van der Waals surface area contributed by atoms with E-state index in [0.717, 1.165) is 35.1 Å². The standard InChI is InChI=1S/C14H14O4/c1-3-7-10-11(8(4-2)17-7)13-9-6(12(10)18-13)5-16-14(9)15/h7-8H,3-5H2,1-2H3. The summed E-state index contributed by atoms with van der Waals surface area (Å²) in [4.78, 5) is 11.7. The molecule has 2 aliphatic heterocycles. The van der Waals surface area contributed by atoms with Gasteiger partial charge < -0.3 is 13.9 Å². The normalized spacial score (nSPS) is 25.8. The van der Waals surface area contributed by atoms with Crippen LogP contribution in [0.15, 0.2) is 4.42 Å². The zero-order valence-corrected chi connectivity index (χ0v) is 10.4. The lowest BCUT2D eigenvalue weighted by atomic mass is 9.94. The fourth-order valence-electron chi connectivity index (χ4n) is 3.25. The molecule has 2 unspecified atom stereocenters. The van der Waals surface area contributed by atoms with Gasteiger partial charge in [0.15, 0.2) is 0 Å². The number of hydrogen-bond acceptors (Lipinski definition) is 4. The predicted molar refractivity (Wildman–Crippen MR) is 63.7 cm³/mol. The molecule has 0 saturated carbocycles. The molecule has 2 aromatic rings. The molecular formula is C14H14O4. The first kappa shape index (κ1) is 10.4. The summed E-state index contributed by atoms with van der Waals surface area (Å²) in [5.74, 6) is -0.253. The fraction of sp³-hybridized carbons (Fsp3) is 0.500. The van der Waals surface area contributed by atoms with Crippen molar-refractivity contribution in [3.8, 4) is 0 Å². The van der Waals surface area contributed by atoms with Crippen molar-refractivity contribution in [1.82, 2.24) is 0 Å². The highest BCUT2D eigenvalue weighted by atomic mass is 16.5. The second-order valence-electron chi connectivity index (χ2n) is 4.95. The van der Waals surface area contributed by atoms with Gasteiger partial charge in [0.1, 0.15) is 23.3 Å². The van der Waals surface area contributed by atoms with Gasteiger partial charge >= 0.3 is 5.97 Å². The molecule has 0 N–H and O–H groups in total. The third-order valence-corrected chi connectivity index (χ3v) is 4.05. The van der Waals surface area contributed by atoms with Crippen LogP contribution in [0.5, 0.6) is 0 Å². The van der Waals surface area contributed by atoms with Crippen molar-refractivity contribution in [1.29, 1.82) is 0 Å². The largest absolute Gasteiger partial charge is 0.457 e. The zero-order chi connectivity index (χ0) is 12.4. The van der Waals surface area contributed by atoms with Crippen LogP contribution in [0.25, 0.3) is 11.2 Å². The van der Waals surface area contributed by atoms with Gasteiger partial charge in [0, 0.05) is 11.1 Å². The molecule has 94 valence electrons. The topological polar surface area (TPSA) is 48.7 Å². The van der Waals surface area contributed by atoms with Gasteiger partial charge in [-0.1, -0.05) is 13.8 Å². The number of esters is 1. The Hall–Kier alpha value is -1.55. The lowest BCUT2D eigenvalue weighted by Crippen LogP contribution is -1.98. The lowest BCUT2D eigenvalue weighted by Gasteiger charge is -2.11. The molecule has 4 nitrogen and oxygen atoms in total. The maximum Gasteiger partial charge on any atom is 0.342 e. The minimum atomic E-state index is -0.253. The van der Waals surface area contributed by atoms with E-state index in [9.17, 15) is 4.79 Å². The van der Waals surface area contributed by atoms with Gasteiger partial charge in [-0.3, -0.25) is 0 Å². The van der Waals surface area contributed by atoms with Crippen LogP contribution < -0.4 is 0 Å². The van der Waals surface area contributed by atoms with Crippen LogP contribution in [0.1, 0.15) is 65.9 Å². The van der Waals surface area contributed by atoms with E-state index in [0.29, 0.717) is 17.8 Å². The van der Waals surface area contributed by atoms with Crippen LogP contribution in [0.3, 0.4) is 0 Å². The molecule has 4 heterocycles. The molecule has 0 aromatic carbocycles. The van der Waals surface area contributed by atoms with Gasteiger partial charge in [-0.05, 0) is 12.8 Å². The summed E-state index contributed by atoms with van der Waals surface area (Å²) in [5.41, 5.74) is 5.37. The molecule has 2 bridgehead atoms. The van der Waals surface area contributed by atoms with E-state index in [4.69, 9.17) is 13.9 Å². The minimum absolute atomic E-state index is 0.0555. The summed E-state index contributed by atoms with van der Waals surface area (Å²) in [5, 5.41) is 0. The molecule has 0 aliphatic carbocycles. The van der Waals surface area contributed by atoms with Gasteiger partial charge in [0.05, 0.1) is 17.8 Å². The summed E-state index contributed by atoms with van der Waals surface area (Å²) < 4.78 is 17.0. The molecule has 0 amide bonds. The number of rotatable bonds is 2. The molecule has 18 heavy (non-hydrogen) atoms. The van der Waals surface area contributed by atoms with Crippen molar-refractivity contribution in [2.24, 2.45) is 0 Å². The maximum atomic E-state index is 11.7. The van der Waals surface area contributed by atoms with E-state index in [1.807, 2.05) is 0 Å². The second kappa shape index (κ2) is 3.26. The minimum Gasteiger partial charge on any atom is -0.457 e. The Balaban J connectivity index is 2.02. The van der Waals surface area contributed by atoms with Crippen molar-refractivity contribution >= 4 is 17.1 Å². The van der Waals surface area contributed by atoms with Crippen molar-refractivity contribution in [2.75, 3.05) is 0 Å². The Labute approximate surface area is 104 Å². The Morgan fingerprint density at radius 2 is 1.78 bits per heavy atom. The molecule has 4 rings (SSSR count). The Morgan fingerprint density at radius 1 is 1.11 bits per heavy atom. The van der Waals surface area contributed by atoms with Gasteiger partial charge in [-0.25, -0.2) is 4.79 Å². The number of carbonyl (C=O) groups is 1. The van der Waals surface area contributed by atoms with E-state index in [1.165, 1.54) is 0 Å².